The van der Waals surface area contributed by atoms with Crippen LogP contribution in [0.15, 0.2) is 60.7 Å². The van der Waals surface area contributed by atoms with Crippen molar-refractivity contribution in [3.63, 3.8) is 0 Å². The van der Waals surface area contributed by atoms with Crippen LogP contribution >= 0.6 is 0 Å². The zero-order valence-electron chi connectivity index (χ0n) is 9.01. The number of hydrogen-bond acceptors (Lipinski definition) is 2. The van der Waals surface area contributed by atoms with Crippen molar-refractivity contribution in [1.29, 1.82) is 0 Å². The zero-order valence-corrected chi connectivity index (χ0v) is 9.01. The van der Waals surface area contributed by atoms with Crippen LogP contribution in [0, 0.1) is 0 Å². The molecule has 0 bridgehead atoms. The summed E-state index contributed by atoms with van der Waals surface area (Å²) in [6.07, 6.45) is 0. The standard InChI is InChI=1S/C14H11FO2/c15-14(17,12-9-5-2-6-10-12)13(16)11-7-3-1-4-8-11/h1-10,17H. The van der Waals surface area contributed by atoms with E-state index in [0.717, 1.165) is 0 Å². The van der Waals surface area contributed by atoms with Gasteiger partial charge in [-0.15, -0.1) is 0 Å². The first kappa shape index (κ1) is 11.5. The molecule has 0 aliphatic heterocycles. The lowest BCUT2D eigenvalue weighted by molar-refractivity contribution is -0.0607. The number of rotatable bonds is 3. The van der Waals surface area contributed by atoms with Gasteiger partial charge in [0.2, 0.25) is 5.78 Å². The second-order valence-corrected chi connectivity index (χ2v) is 3.68. The van der Waals surface area contributed by atoms with Crippen molar-refractivity contribution < 1.29 is 14.3 Å². The van der Waals surface area contributed by atoms with Gasteiger partial charge < -0.3 is 5.11 Å². The fraction of sp³-hybridized carbons (Fsp3) is 0.0714. The fourth-order valence-corrected chi connectivity index (χ4v) is 1.57. The van der Waals surface area contributed by atoms with E-state index in [1.54, 1.807) is 36.4 Å². The summed E-state index contributed by atoms with van der Waals surface area (Å²) in [6, 6.07) is 15.5. The van der Waals surface area contributed by atoms with Crippen LogP contribution in [-0.2, 0) is 5.85 Å². The van der Waals surface area contributed by atoms with E-state index in [9.17, 15) is 14.3 Å². The molecule has 0 saturated carbocycles. The van der Waals surface area contributed by atoms with Crippen LogP contribution in [0.2, 0.25) is 0 Å². The lowest BCUT2D eigenvalue weighted by Gasteiger charge is -2.17. The molecule has 0 aromatic heterocycles. The number of alkyl halides is 1. The number of ketones is 1. The second-order valence-electron chi connectivity index (χ2n) is 3.68. The Morgan fingerprint density at radius 1 is 0.941 bits per heavy atom. The molecule has 0 radical (unpaired) electrons. The van der Waals surface area contributed by atoms with E-state index in [1.807, 2.05) is 0 Å². The highest BCUT2D eigenvalue weighted by Gasteiger charge is 2.38. The Hall–Kier alpha value is -2.00. The summed E-state index contributed by atoms with van der Waals surface area (Å²) in [5.74, 6) is -3.94. The third-order valence-electron chi connectivity index (χ3n) is 2.49. The highest BCUT2D eigenvalue weighted by atomic mass is 19.2. The van der Waals surface area contributed by atoms with Gasteiger partial charge in [0.15, 0.2) is 0 Å². The van der Waals surface area contributed by atoms with Gasteiger partial charge in [0.05, 0.1) is 0 Å². The van der Waals surface area contributed by atoms with Gasteiger partial charge >= 0.3 is 0 Å². The van der Waals surface area contributed by atoms with E-state index >= 15 is 0 Å². The molecule has 0 spiro atoms. The number of benzene rings is 2. The molecule has 0 heterocycles. The summed E-state index contributed by atoms with van der Waals surface area (Å²) in [7, 11) is 0. The highest BCUT2D eigenvalue weighted by Crippen LogP contribution is 2.26. The van der Waals surface area contributed by atoms with Crippen molar-refractivity contribution in [1.82, 2.24) is 0 Å². The number of aliphatic hydroxyl groups is 1. The topological polar surface area (TPSA) is 37.3 Å². The zero-order chi connectivity index (χ0) is 12.3. The summed E-state index contributed by atoms with van der Waals surface area (Å²) >= 11 is 0. The Balaban J connectivity index is 2.37. The maximum absolute atomic E-state index is 14.1. The van der Waals surface area contributed by atoms with Crippen LogP contribution < -0.4 is 0 Å². The Morgan fingerprint density at radius 3 is 1.94 bits per heavy atom. The molecule has 86 valence electrons. The van der Waals surface area contributed by atoms with E-state index in [-0.39, 0.29) is 11.1 Å². The van der Waals surface area contributed by atoms with Gasteiger partial charge in [-0.1, -0.05) is 60.7 Å². The molecule has 1 unspecified atom stereocenters. The predicted octanol–water partition coefficient (Wildman–Crippen LogP) is 2.68. The van der Waals surface area contributed by atoms with E-state index in [4.69, 9.17) is 0 Å². The summed E-state index contributed by atoms with van der Waals surface area (Å²) in [5, 5.41) is 9.69. The minimum absolute atomic E-state index is 0.0612. The quantitative estimate of drug-likeness (QED) is 0.823. The Bertz CT molecular complexity index is 506. The first-order chi connectivity index (χ1) is 8.12. The smallest absolute Gasteiger partial charge is 0.297 e. The molecule has 0 aliphatic rings. The van der Waals surface area contributed by atoms with Gasteiger partial charge in [0.1, 0.15) is 0 Å². The number of carbonyl (C=O) groups excluding carboxylic acids is 1. The van der Waals surface area contributed by atoms with Gasteiger partial charge in [-0.3, -0.25) is 4.79 Å². The first-order valence-electron chi connectivity index (χ1n) is 5.19. The molecule has 0 saturated heterocycles. The molecular weight excluding hydrogens is 219 g/mol. The summed E-state index contributed by atoms with van der Waals surface area (Å²) in [5.41, 5.74) is 0.0789. The van der Waals surface area contributed by atoms with E-state index < -0.39 is 11.6 Å². The molecule has 2 aromatic rings. The van der Waals surface area contributed by atoms with Crippen LogP contribution in [0.3, 0.4) is 0 Å². The van der Waals surface area contributed by atoms with Crippen LogP contribution in [0.4, 0.5) is 4.39 Å². The van der Waals surface area contributed by atoms with Gasteiger partial charge in [-0.25, -0.2) is 0 Å². The Kier molecular flexibility index (Phi) is 3.02. The van der Waals surface area contributed by atoms with E-state index in [2.05, 4.69) is 0 Å². The monoisotopic (exact) mass is 230 g/mol. The molecule has 1 N–H and O–H groups in total. The van der Waals surface area contributed by atoms with Gasteiger partial charge in [0.25, 0.3) is 5.85 Å². The van der Waals surface area contributed by atoms with Crippen molar-refractivity contribution in [3.05, 3.63) is 71.8 Å². The third-order valence-corrected chi connectivity index (χ3v) is 2.49. The fourth-order valence-electron chi connectivity index (χ4n) is 1.57. The van der Waals surface area contributed by atoms with Crippen LogP contribution in [-0.4, -0.2) is 10.9 Å². The lowest BCUT2D eigenvalue weighted by atomic mass is 9.98. The lowest BCUT2D eigenvalue weighted by Crippen LogP contribution is -2.30. The average Bonchev–Trinajstić information content (AvgIpc) is 2.40. The molecule has 2 rings (SSSR count). The van der Waals surface area contributed by atoms with Crippen molar-refractivity contribution in [2.24, 2.45) is 0 Å². The predicted molar refractivity (Wildman–Crippen MR) is 62.2 cm³/mol. The SMILES string of the molecule is O=C(c1ccccc1)C(O)(F)c1ccccc1. The molecule has 2 aromatic carbocycles. The second kappa shape index (κ2) is 4.47. The van der Waals surface area contributed by atoms with Crippen molar-refractivity contribution in [2.45, 2.75) is 5.85 Å². The summed E-state index contributed by atoms with van der Waals surface area (Å²) in [6.45, 7) is 0. The Labute approximate surface area is 98.3 Å². The minimum Gasteiger partial charge on any atom is -0.352 e. The van der Waals surface area contributed by atoms with Crippen molar-refractivity contribution in [3.8, 4) is 0 Å². The molecular formula is C14H11FO2. The summed E-state index contributed by atoms with van der Waals surface area (Å²) in [4.78, 5) is 11.8. The molecule has 0 fully saturated rings. The largest absolute Gasteiger partial charge is 0.352 e. The third kappa shape index (κ3) is 2.24. The van der Waals surface area contributed by atoms with Crippen molar-refractivity contribution in [2.75, 3.05) is 0 Å². The maximum atomic E-state index is 14.1. The van der Waals surface area contributed by atoms with Crippen LogP contribution in [0.1, 0.15) is 15.9 Å². The number of halogens is 1. The van der Waals surface area contributed by atoms with E-state index in [1.165, 1.54) is 24.3 Å². The number of Topliss-reactive ketones (excluding diaryl/α,β-unsaturated/α-hetero) is 1. The van der Waals surface area contributed by atoms with Gasteiger partial charge in [-0.2, -0.15) is 4.39 Å². The molecule has 17 heavy (non-hydrogen) atoms. The first-order valence-corrected chi connectivity index (χ1v) is 5.19. The Morgan fingerprint density at radius 2 is 1.41 bits per heavy atom. The van der Waals surface area contributed by atoms with Crippen LogP contribution in [0.25, 0.3) is 0 Å². The normalized spacial score (nSPS) is 14.0. The molecule has 0 aliphatic carbocycles. The van der Waals surface area contributed by atoms with Gasteiger partial charge in [0, 0.05) is 11.1 Å². The van der Waals surface area contributed by atoms with Gasteiger partial charge in [-0.05, 0) is 0 Å². The highest BCUT2D eigenvalue weighted by molar-refractivity contribution is 6.01. The minimum atomic E-state index is -2.98. The maximum Gasteiger partial charge on any atom is 0.297 e. The number of hydrogen-bond donors (Lipinski definition) is 1. The summed E-state index contributed by atoms with van der Waals surface area (Å²) < 4.78 is 14.1. The molecule has 2 nitrogen and oxygen atoms in total. The molecule has 3 heteroatoms. The van der Waals surface area contributed by atoms with E-state index in [0.29, 0.717) is 0 Å². The molecule has 1 atom stereocenters. The number of carbonyl (C=O) groups is 1. The average molecular weight is 230 g/mol. The van der Waals surface area contributed by atoms with Crippen LogP contribution in [0.5, 0.6) is 0 Å². The van der Waals surface area contributed by atoms with Crippen molar-refractivity contribution >= 4 is 5.78 Å². The molecule has 0 amide bonds.